The summed E-state index contributed by atoms with van der Waals surface area (Å²) in [6.07, 6.45) is 1.91. The number of likely N-dealkylation sites (N-methyl/N-ethyl adjacent to an activating group) is 6. The minimum atomic E-state index is -1.62. The summed E-state index contributed by atoms with van der Waals surface area (Å²) >= 11 is 0. The molecule has 88 heavy (non-hydrogen) atoms. The number of esters is 1. The summed E-state index contributed by atoms with van der Waals surface area (Å²) in [7, 11) is 9.80. The van der Waals surface area contributed by atoms with Crippen LogP contribution < -0.4 is 31.9 Å². The summed E-state index contributed by atoms with van der Waals surface area (Å²) in [5.41, 5.74) is 0. The van der Waals surface area contributed by atoms with Gasteiger partial charge in [-0.05, 0) is 115 Å². The van der Waals surface area contributed by atoms with Gasteiger partial charge in [0.1, 0.15) is 54.4 Å². The van der Waals surface area contributed by atoms with Crippen molar-refractivity contribution in [3.8, 4) is 0 Å². The van der Waals surface area contributed by atoms with E-state index in [4.69, 9.17) is 4.74 Å². The van der Waals surface area contributed by atoms with Crippen molar-refractivity contribution in [1.29, 1.82) is 0 Å². The van der Waals surface area contributed by atoms with Gasteiger partial charge in [-0.25, -0.2) is 4.79 Å². The lowest BCUT2D eigenvalue weighted by molar-refractivity contribution is -0.156. The molecule has 0 aliphatic rings. The molecular formula is C63H115N11O14. The first-order chi connectivity index (χ1) is 40.6. The predicted octanol–water partition coefficient (Wildman–Crippen LogP) is 2.21. The van der Waals surface area contributed by atoms with Gasteiger partial charge in [-0.2, -0.15) is 0 Å². The maximum absolute atomic E-state index is 14.8. The number of rotatable bonds is 38. The van der Waals surface area contributed by atoms with Crippen molar-refractivity contribution in [3.63, 3.8) is 0 Å². The molecule has 0 aromatic rings. The quantitative estimate of drug-likeness (QED) is 0.0325. The monoisotopic (exact) mass is 1250 g/mol. The van der Waals surface area contributed by atoms with E-state index < -0.39 is 144 Å². The molecule has 13 atom stereocenters. The SMILES string of the molecule is C/C=C/C[C@@H](C)[C@@H](O)[C@@H](C(=O)N[C@H](C(=O)OC)[C@@H](C)O)N(C)C(=O)[C@H](C(C)C)N(C)C(=O)[C@H](CC(C)C)NC(=O)[C@H](CC(C)C)N(C)C(=O)[C@@H](C)NC(=O)[C@H](C)NC(=O)[C@H](CC(C)C)N(C)C(=O)[C@H](CC(C)C)NC(=O)[C@H](CC(C)C)N(C)C(=O)CNC. The minimum Gasteiger partial charge on any atom is -0.467 e. The molecule has 0 heterocycles. The smallest absolute Gasteiger partial charge is 0.331 e. The van der Waals surface area contributed by atoms with Gasteiger partial charge in [-0.1, -0.05) is 102 Å². The molecule has 0 fully saturated rings. The first-order valence-corrected chi connectivity index (χ1v) is 31.2. The van der Waals surface area contributed by atoms with Crippen LogP contribution in [0.25, 0.3) is 0 Å². The zero-order valence-electron chi connectivity index (χ0n) is 57.6. The van der Waals surface area contributed by atoms with Crippen molar-refractivity contribution in [2.45, 2.75) is 229 Å². The Hall–Kier alpha value is -6.21. The van der Waals surface area contributed by atoms with Gasteiger partial charge in [0.25, 0.3) is 0 Å². The van der Waals surface area contributed by atoms with E-state index in [0.717, 1.165) is 12.0 Å². The molecule has 0 aromatic heterocycles. The highest BCUT2D eigenvalue weighted by Gasteiger charge is 2.45. The van der Waals surface area contributed by atoms with Crippen LogP contribution >= 0.6 is 0 Å². The maximum Gasteiger partial charge on any atom is 0.331 e. The Morgan fingerprint density at radius 2 is 0.841 bits per heavy atom. The molecule has 25 heteroatoms. The summed E-state index contributed by atoms with van der Waals surface area (Å²) in [5, 5.41) is 38.4. The number of nitrogens with zero attached hydrogens (tertiary/aromatic N) is 5. The van der Waals surface area contributed by atoms with Crippen molar-refractivity contribution in [1.82, 2.24) is 56.4 Å². The van der Waals surface area contributed by atoms with Gasteiger partial charge in [0.2, 0.25) is 59.1 Å². The molecule has 0 aliphatic carbocycles. The highest BCUT2D eigenvalue weighted by molar-refractivity contribution is 5.99. The number of allylic oxidation sites excluding steroid dienone is 2. The second-order valence-electron chi connectivity index (χ2n) is 26.3. The second kappa shape index (κ2) is 39.0. The number of amides is 10. The third-order valence-corrected chi connectivity index (χ3v) is 15.5. The van der Waals surface area contributed by atoms with Crippen molar-refractivity contribution in [2.75, 3.05) is 55.9 Å². The lowest BCUT2D eigenvalue weighted by atomic mass is 9.91. The molecule has 0 aliphatic heterocycles. The van der Waals surface area contributed by atoms with Gasteiger partial charge in [0, 0.05) is 35.2 Å². The van der Waals surface area contributed by atoms with Crippen LogP contribution in [0.3, 0.4) is 0 Å². The van der Waals surface area contributed by atoms with Crippen LogP contribution in [0.15, 0.2) is 12.2 Å². The molecule has 0 spiro atoms. The zero-order valence-corrected chi connectivity index (χ0v) is 57.6. The first kappa shape index (κ1) is 81.8. The Bertz CT molecular complexity index is 2330. The van der Waals surface area contributed by atoms with Crippen molar-refractivity contribution < 1.29 is 67.7 Å². The molecule has 0 unspecified atom stereocenters. The lowest BCUT2D eigenvalue weighted by Gasteiger charge is -2.40. The third kappa shape index (κ3) is 25.7. The van der Waals surface area contributed by atoms with Crippen LogP contribution in [-0.4, -0.2) is 228 Å². The molecule has 0 saturated heterocycles. The molecular weight excluding hydrogens is 1130 g/mol. The third-order valence-electron chi connectivity index (χ3n) is 15.5. The molecule has 10 amide bonds. The number of aliphatic hydroxyl groups is 2. The number of carbonyl (C=O) groups excluding carboxylic acids is 11. The van der Waals surface area contributed by atoms with Gasteiger partial charge in [0.15, 0.2) is 6.04 Å². The van der Waals surface area contributed by atoms with Gasteiger partial charge in [-0.15, -0.1) is 0 Å². The van der Waals surface area contributed by atoms with Crippen LogP contribution in [0.2, 0.25) is 0 Å². The van der Waals surface area contributed by atoms with Crippen LogP contribution in [0.4, 0.5) is 0 Å². The maximum atomic E-state index is 14.8. The number of aliphatic hydroxyl groups excluding tert-OH is 2. The zero-order chi connectivity index (χ0) is 68.5. The number of methoxy groups -OCH3 is 1. The molecule has 25 nitrogen and oxygen atoms in total. The molecule has 8 N–H and O–H groups in total. The summed E-state index contributed by atoms with van der Waals surface area (Å²) in [5.74, 6) is -9.15. The Morgan fingerprint density at radius 3 is 1.23 bits per heavy atom. The van der Waals surface area contributed by atoms with E-state index in [1.165, 1.54) is 68.6 Å². The number of ether oxygens (including phenoxy) is 1. The Balaban J connectivity index is 6.87. The Labute approximate surface area is 525 Å². The van der Waals surface area contributed by atoms with Gasteiger partial charge < -0.3 is 71.4 Å². The number of hydrogen-bond acceptors (Lipinski definition) is 15. The van der Waals surface area contributed by atoms with Gasteiger partial charge >= 0.3 is 5.97 Å². The van der Waals surface area contributed by atoms with Crippen LogP contribution in [0.5, 0.6) is 0 Å². The molecule has 506 valence electrons. The Kier molecular flexibility index (Phi) is 36.3. The number of hydrogen-bond donors (Lipinski definition) is 8. The summed E-state index contributed by atoms with van der Waals surface area (Å²) in [6.45, 7) is 29.7. The molecule has 0 bridgehead atoms. The van der Waals surface area contributed by atoms with E-state index in [1.54, 1.807) is 53.9 Å². The Morgan fingerprint density at radius 1 is 0.455 bits per heavy atom. The minimum absolute atomic E-state index is 0.00927. The lowest BCUT2D eigenvalue weighted by Crippen LogP contribution is -2.63. The molecule has 0 saturated carbocycles. The summed E-state index contributed by atoms with van der Waals surface area (Å²) < 4.78 is 4.78. The van der Waals surface area contributed by atoms with E-state index in [0.29, 0.717) is 12.8 Å². The summed E-state index contributed by atoms with van der Waals surface area (Å²) in [4.78, 5) is 161. The summed E-state index contributed by atoms with van der Waals surface area (Å²) in [6, 6.07) is -12.4. The fourth-order valence-corrected chi connectivity index (χ4v) is 10.4. The van der Waals surface area contributed by atoms with E-state index in [-0.39, 0.29) is 67.7 Å². The largest absolute Gasteiger partial charge is 0.467 e. The van der Waals surface area contributed by atoms with Crippen LogP contribution in [0.1, 0.15) is 156 Å². The second-order valence-corrected chi connectivity index (χ2v) is 26.3. The molecule has 0 radical (unpaired) electrons. The van der Waals surface area contributed by atoms with Crippen molar-refractivity contribution >= 4 is 65.0 Å². The topological polar surface area (TPSA) is 326 Å². The molecule has 0 rings (SSSR count). The first-order valence-electron chi connectivity index (χ1n) is 31.2. The molecule has 0 aromatic carbocycles. The van der Waals surface area contributed by atoms with Crippen LogP contribution in [0, 0.1) is 41.4 Å². The van der Waals surface area contributed by atoms with Crippen LogP contribution in [-0.2, 0) is 57.5 Å². The highest BCUT2D eigenvalue weighted by atomic mass is 16.5. The van der Waals surface area contributed by atoms with Crippen molar-refractivity contribution in [2.24, 2.45) is 41.4 Å². The number of nitrogens with one attached hydrogen (secondary N) is 6. The average molecular weight is 1250 g/mol. The van der Waals surface area contributed by atoms with E-state index in [9.17, 15) is 63.0 Å². The standard InChI is InChI=1S/C63H115N11O14/c1-25-26-27-40(14)53(77)52(58(82)69-50(43(17)75)63(87)88-24)74(23)62(86)51(39(12)13)73(22)61(85)45(29-35(4)5)68-57(81)48(32-38(10)11)71(20)59(83)42(16)66-54(78)41(15)65-55(79)47(31-37(8)9)72(21)60(84)44(28-34(2)3)67-56(80)46(30-36(6)7)70(19)49(76)33-64-18/h25-26,34-48,50-53,64,75,77H,27-33H2,1-24H3,(H,65,79)(H,66,78)(H,67,80)(H,68,81)(H,69,82)/b26-25+/t40-,41+,42-,43-,44+,45+,46+,47+,48+,50+,51+,52+,53-/m1/s1. The van der Waals surface area contributed by atoms with E-state index >= 15 is 0 Å². The number of carbonyl (C=O) groups is 11. The van der Waals surface area contributed by atoms with Gasteiger partial charge in [-0.3, -0.25) is 47.9 Å². The fourth-order valence-electron chi connectivity index (χ4n) is 10.4. The highest BCUT2D eigenvalue weighted by Crippen LogP contribution is 2.24. The van der Waals surface area contributed by atoms with Gasteiger partial charge in [0.05, 0.1) is 25.9 Å². The fraction of sp³-hybridized carbons (Fsp3) is 0.794. The average Bonchev–Trinajstić information content (AvgIpc) is 3.65. The predicted molar refractivity (Wildman–Crippen MR) is 338 cm³/mol. The normalized spacial score (nSPS) is 16.2. The van der Waals surface area contributed by atoms with E-state index in [1.807, 2.05) is 69.2 Å². The van der Waals surface area contributed by atoms with Crippen molar-refractivity contribution in [3.05, 3.63) is 12.2 Å². The van der Waals surface area contributed by atoms with E-state index in [2.05, 4.69) is 31.9 Å².